The Hall–Kier alpha value is -2.49. The van der Waals surface area contributed by atoms with Crippen LogP contribution in [0, 0.1) is 13.8 Å². The van der Waals surface area contributed by atoms with Gasteiger partial charge in [-0.25, -0.2) is 0 Å². The molecule has 1 N–H and O–H groups in total. The van der Waals surface area contributed by atoms with Crippen LogP contribution in [0.25, 0.3) is 0 Å². The predicted molar refractivity (Wildman–Crippen MR) is 110 cm³/mol. The van der Waals surface area contributed by atoms with Gasteiger partial charge in [0.1, 0.15) is 0 Å². The molecule has 27 heavy (non-hydrogen) atoms. The van der Waals surface area contributed by atoms with E-state index in [9.17, 15) is 4.79 Å². The zero-order valence-corrected chi connectivity index (χ0v) is 17.1. The van der Waals surface area contributed by atoms with E-state index in [0.29, 0.717) is 26.1 Å². The molecule has 0 heterocycles. The molecule has 2 aromatic carbocycles. The zero-order valence-electron chi connectivity index (χ0n) is 17.1. The average Bonchev–Trinajstić information content (AvgIpc) is 2.64. The van der Waals surface area contributed by atoms with Crippen molar-refractivity contribution in [3.63, 3.8) is 0 Å². The second-order valence-electron chi connectivity index (χ2n) is 6.80. The molecule has 1 amide bonds. The minimum Gasteiger partial charge on any atom is -0.490 e. The first kappa shape index (κ1) is 20.8. The van der Waals surface area contributed by atoms with Gasteiger partial charge in [0.2, 0.25) is 5.91 Å². The highest BCUT2D eigenvalue weighted by molar-refractivity contribution is 5.76. The third-order valence-electron chi connectivity index (χ3n) is 4.53. The van der Waals surface area contributed by atoms with Gasteiger partial charge in [-0.1, -0.05) is 29.8 Å². The number of benzene rings is 2. The van der Waals surface area contributed by atoms with Crippen LogP contribution in [0.4, 0.5) is 0 Å². The van der Waals surface area contributed by atoms with E-state index in [0.717, 1.165) is 17.1 Å². The Morgan fingerprint density at radius 3 is 2.41 bits per heavy atom. The highest BCUT2D eigenvalue weighted by Gasteiger charge is 2.13. The molecular weight excluding hydrogens is 338 g/mol. The van der Waals surface area contributed by atoms with E-state index in [1.807, 2.05) is 39.0 Å². The Balaban J connectivity index is 1.96. The molecule has 0 spiro atoms. The van der Waals surface area contributed by atoms with Gasteiger partial charge in [-0.3, -0.25) is 4.79 Å². The van der Waals surface area contributed by atoms with Crippen molar-refractivity contribution in [3.8, 4) is 11.5 Å². The van der Waals surface area contributed by atoms with E-state index in [1.54, 1.807) is 0 Å². The molecule has 4 nitrogen and oxygen atoms in total. The van der Waals surface area contributed by atoms with Crippen LogP contribution in [0.2, 0.25) is 0 Å². The number of hydrogen-bond donors (Lipinski definition) is 1. The zero-order chi connectivity index (χ0) is 19.8. The highest BCUT2D eigenvalue weighted by atomic mass is 16.5. The summed E-state index contributed by atoms with van der Waals surface area (Å²) in [6.07, 6.45) is 1.10. The van der Waals surface area contributed by atoms with Crippen LogP contribution in [0.5, 0.6) is 11.5 Å². The Bertz CT molecular complexity index is 770. The summed E-state index contributed by atoms with van der Waals surface area (Å²) in [5, 5.41) is 3.11. The minimum absolute atomic E-state index is 0.00304. The molecule has 1 atom stereocenters. The minimum atomic E-state index is -0.00304. The van der Waals surface area contributed by atoms with Gasteiger partial charge in [0, 0.05) is 6.42 Å². The Labute approximate surface area is 162 Å². The third-order valence-corrected chi connectivity index (χ3v) is 4.53. The summed E-state index contributed by atoms with van der Waals surface area (Å²) in [5.74, 6) is 1.53. The van der Waals surface area contributed by atoms with Crippen LogP contribution < -0.4 is 14.8 Å². The summed E-state index contributed by atoms with van der Waals surface area (Å²) in [6, 6.07) is 12.2. The first-order valence-electron chi connectivity index (χ1n) is 9.69. The van der Waals surface area contributed by atoms with Gasteiger partial charge in [-0.2, -0.15) is 0 Å². The third kappa shape index (κ3) is 6.02. The second-order valence-corrected chi connectivity index (χ2v) is 6.80. The van der Waals surface area contributed by atoms with E-state index in [4.69, 9.17) is 9.47 Å². The van der Waals surface area contributed by atoms with E-state index < -0.39 is 0 Å². The Morgan fingerprint density at radius 2 is 1.70 bits per heavy atom. The fourth-order valence-corrected chi connectivity index (χ4v) is 3.13. The van der Waals surface area contributed by atoms with Gasteiger partial charge in [0.15, 0.2) is 11.5 Å². The van der Waals surface area contributed by atoms with Crippen LogP contribution in [-0.4, -0.2) is 19.1 Å². The monoisotopic (exact) mass is 369 g/mol. The number of carbonyl (C=O) groups is 1. The second kappa shape index (κ2) is 10.0. The van der Waals surface area contributed by atoms with Gasteiger partial charge in [0.05, 0.1) is 19.3 Å². The molecule has 0 aromatic heterocycles. The molecule has 4 heteroatoms. The summed E-state index contributed by atoms with van der Waals surface area (Å²) >= 11 is 0. The van der Waals surface area contributed by atoms with Crippen LogP contribution in [0.1, 0.15) is 55.5 Å². The molecule has 2 rings (SSSR count). The molecule has 0 unspecified atom stereocenters. The molecule has 0 aliphatic heterocycles. The fourth-order valence-electron chi connectivity index (χ4n) is 3.13. The van der Waals surface area contributed by atoms with E-state index in [-0.39, 0.29) is 11.9 Å². The van der Waals surface area contributed by atoms with Crippen molar-refractivity contribution in [2.24, 2.45) is 0 Å². The average molecular weight is 370 g/mol. The van der Waals surface area contributed by atoms with Gasteiger partial charge < -0.3 is 14.8 Å². The predicted octanol–water partition coefficient (Wildman–Crippen LogP) is 4.91. The molecule has 0 aliphatic rings. The molecule has 0 fully saturated rings. The lowest BCUT2D eigenvalue weighted by Crippen LogP contribution is -2.27. The lowest BCUT2D eigenvalue weighted by molar-refractivity contribution is -0.121. The van der Waals surface area contributed by atoms with Crippen molar-refractivity contribution in [1.29, 1.82) is 0 Å². The van der Waals surface area contributed by atoms with Crippen LogP contribution >= 0.6 is 0 Å². The van der Waals surface area contributed by atoms with Gasteiger partial charge in [-0.15, -0.1) is 0 Å². The lowest BCUT2D eigenvalue weighted by atomic mass is 9.99. The van der Waals surface area contributed by atoms with E-state index in [1.165, 1.54) is 16.7 Å². The first-order valence-corrected chi connectivity index (χ1v) is 9.69. The van der Waals surface area contributed by atoms with Gasteiger partial charge in [0.25, 0.3) is 0 Å². The van der Waals surface area contributed by atoms with Crippen molar-refractivity contribution in [1.82, 2.24) is 5.32 Å². The lowest BCUT2D eigenvalue weighted by Gasteiger charge is -2.17. The van der Waals surface area contributed by atoms with Crippen LogP contribution in [-0.2, 0) is 11.2 Å². The van der Waals surface area contributed by atoms with Crippen molar-refractivity contribution in [2.45, 2.75) is 53.5 Å². The van der Waals surface area contributed by atoms with Crippen LogP contribution in [0.3, 0.4) is 0 Å². The van der Waals surface area contributed by atoms with Crippen molar-refractivity contribution >= 4 is 5.91 Å². The number of nitrogens with one attached hydrogen (secondary N) is 1. The van der Waals surface area contributed by atoms with Gasteiger partial charge in [-0.05, 0) is 69.9 Å². The SMILES string of the molecule is CCOc1ccc(CCC(=O)N[C@@H](C)c2cc(C)ccc2C)cc1OCC. The number of ether oxygens (including phenoxy) is 2. The summed E-state index contributed by atoms with van der Waals surface area (Å²) in [4.78, 5) is 12.4. The number of carbonyl (C=O) groups excluding carboxylic acids is 1. The van der Waals surface area contributed by atoms with Crippen molar-refractivity contribution < 1.29 is 14.3 Å². The largest absolute Gasteiger partial charge is 0.490 e. The number of hydrogen-bond acceptors (Lipinski definition) is 3. The number of amides is 1. The van der Waals surface area contributed by atoms with Crippen LogP contribution in [0.15, 0.2) is 36.4 Å². The van der Waals surface area contributed by atoms with Gasteiger partial charge >= 0.3 is 0 Å². The normalized spacial score (nSPS) is 11.7. The molecule has 146 valence electrons. The fraction of sp³-hybridized carbons (Fsp3) is 0.435. The van der Waals surface area contributed by atoms with E-state index in [2.05, 4.69) is 37.4 Å². The molecule has 0 aliphatic carbocycles. The maximum atomic E-state index is 12.4. The summed E-state index contributed by atoms with van der Waals surface area (Å²) in [7, 11) is 0. The Kier molecular flexibility index (Phi) is 7.71. The molecular formula is C23H31NO3. The number of aryl methyl sites for hydroxylation is 3. The van der Waals surface area contributed by atoms with Crippen molar-refractivity contribution in [2.75, 3.05) is 13.2 Å². The standard InChI is InChI=1S/C23H31NO3/c1-6-26-21-12-10-19(15-22(21)27-7-2)11-13-23(25)24-18(5)20-14-16(3)8-9-17(20)4/h8-10,12,14-15,18H,6-7,11,13H2,1-5H3,(H,24,25)/t18-/m0/s1. The smallest absolute Gasteiger partial charge is 0.220 e. The molecule has 0 saturated heterocycles. The summed E-state index contributed by atoms with van der Waals surface area (Å²) in [6.45, 7) is 11.3. The molecule has 0 radical (unpaired) electrons. The maximum absolute atomic E-state index is 12.4. The maximum Gasteiger partial charge on any atom is 0.220 e. The first-order chi connectivity index (χ1) is 12.9. The molecule has 0 saturated carbocycles. The van der Waals surface area contributed by atoms with Crippen molar-refractivity contribution in [3.05, 3.63) is 58.7 Å². The number of rotatable bonds is 9. The highest BCUT2D eigenvalue weighted by Crippen LogP contribution is 2.29. The summed E-state index contributed by atoms with van der Waals surface area (Å²) in [5.41, 5.74) is 4.63. The Morgan fingerprint density at radius 1 is 1.00 bits per heavy atom. The quantitative estimate of drug-likeness (QED) is 0.683. The van der Waals surface area contributed by atoms with E-state index >= 15 is 0 Å². The topological polar surface area (TPSA) is 47.6 Å². The molecule has 0 bridgehead atoms. The molecule has 2 aromatic rings. The summed E-state index contributed by atoms with van der Waals surface area (Å²) < 4.78 is 11.2.